The van der Waals surface area contributed by atoms with E-state index in [9.17, 15) is 4.79 Å². The van der Waals surface area contributed by atoms with Crippen molar-refractivity contribution >= 4 is 27.5 Å². The van der Waals surface area contributed by atoms with E-state index in [0.29, 0.717) is 0 Å². The van der Waals surface area contributed by atoms with E-state index in [4.69, 9.17) is 4.74 Å². The zero-order chi connectivity index (χ0) is 15.1. The Labute approximate surface area is 129 Å². The van der Waals surface area contributed by atoms with Crippen LogP contribution in [0.25, 0.3) is 0 Å². The number of benzene rings is 1. The van der Waals surface area contributed by atoms with Gasteiger partial charge in [0.15, 0.2) is 0 Å². The summed E-state index contributed by atoms with van der Waals surface area (Å²) < 4.78 is 6.04. The van der Waals surface area contributed by atoms with Gasteiger partial charge in [0, 0.05) is 11.7 Å². The number of ether oxygens (including phenoxy) is 1. The number of carbonyl (C=O) groups excluding carboxylic acids is 1. The Hall–Kier alpha value is -1.23. The molecule has 1 aromatic rings. The predicted octanol–water partition coefficient (Wildman–Crippen LogP) is 3.56. The lowest BCUT2D eigenvalue weighted by molar-refractivity contribution is -0.122. The molecular formula is C15H23BrN2O2. The summed E-state index contributed by atoms with van der Waals surface area (Å²) in [6.45, 7) is 6.01. The molecule has 1 atom stereocenters. The van der Waals surface area contributed by atoms with Gasteiger partial charge in [0.2, 0.25) is 5.91 Å². The van der Waals surface area contributed by atoms with Gasteiger partial charge in [0.1, 0.15) is 11.8 Å². The summed E-state index contributed by atoms with van der Waals surface area (Å²) in [6.07, 6.45) is 1.89. The van der Waals surface area contributed by atoms with Gasteiger partial charge in [0.05, 0.1) is 11.6 Å². The Bertz CT molecular complexity index is 447. The van der Waals surface area contributed by atoms with Gasteiger partial charge in [0.25, 0.3) is 0 Å². The number of hydrogen-bond acceptors (Lipinski definition) is 3. The molecule has 0 heterocycles. The summed E-state index contributed by atoms with van der Waals surface area (Å²) in [6, 6.07) is 5.62. The molecule has 112 valence electrons. The van der Waals surface area contributed by atoms with E-state index in [-0.39, 0.29) is 18.0 Å². The maximum atomic E-state index is 12.1. The van der Waals surface area contributed by atoms with Gasteiger partial charge in [-0.2, -0.15) is 0 Å². The van der Waals surface area contributed by atoms with Crippen LogP contribution in [0.2, 0.25) is 0 Å². The molecule has 0 radical (unpaired) electrons. The molecule has 1 amide bonds. The van der Waals surface area contributed by atoms with Crippen molar-refractivity contribution in [2.75, 3.05) is 12.4 Å². The van der Waals surface area contributed by atoms with Crippen LogP contribution >= 0.6 is 15.9 Å². The SMILES string of the molecule is CCC(CC)NC(=O)C(C)Nc1ccc(OC)c(Br)c1. The van der Waals surface area contributed by atoms with E-state index < -0.39 is 0 Å². The van der Waals surface area contributed by atoms with E-state index in [1.54, 1.807) is 7.11 Å². The zero-order valence-corrected chi connectivity index (χ0v) is 14.1. The van der Waals surface area contributed by atoms with E-state index in [1.807, 2.05) is 25.1 Å². The van der Waals surface area contributed by atoms with Gasteiger partial charge < -0.3 is 15.4 Å². The molecule has 0 aromatic heterocycles. The molecule has 0 spiro atoms. The quantitative estimate of drug-likeness (QED) is 0.796. The highest BCUT2D eigenvalue weighted by Crippen LogP contribution is 2.27. The predicted molar refractivity (Wildman–Crippen MR) is 86.3 cm³/mol. The number of rotatable bonds is 7. The van der Waals surface area contributed by atoms with Crippen LogP contribution in [0.1, 0.15) is 33.6 Å². The van der Waals surface area contributed by atoms with Gasteiger partial charge in [-0.25, -0.2) is 0 Å². The summed E-state index contributed by atoms with van der Waals surface area (Å²) in [5.41, 5.74) is 0.880. The van der Waals surface area contributed by atoms with Crippen LogP contribution in [0.5, 0.6) is 5.75 Å². The largest absolute Gasteiger partial charge is 0.496 e. The monoisotopic (exact) mass is 342 g/mol. The van der Waals surface area contributed by atoms with Crippen LogP contribution in [0.4, 0.5) is 5.69 Å². The first-order chi connectivity index (χ1) is 9.51. The second-order valence-electron chi connectivity index (χ2n) is 4.74. The van der Waals surface area contributed by atoms with Crippen molar-refractivity contribution in [1.29, 1.82) is 0 Å². The van der Waals surface area contributed by atoms with Crippen molar-refractivity contribution in [3.63, 3.8) is 0 Å². The van der Waals surface area contributed by atoms with Crippen molar-refractivity contribution in [2.24, 2.45) is 0 Å². The Morgan fingerprint density at radius 3 is 2.50 bits per heavy atom. The first-order valence-corrected chi connectivity index (χ1v) is 7.71. The molecule has 0 saturated heterocycles. The van der Waals surface area contributed by atoms with Gasteiger partial charge in [-0.1, -0.05) is 13.8 Å². The summed E-state index contributed by atoms with van der Waals surface area (Å²) in [7, 11) is 1.62. The van der Waals surface area contributed by atoms with Crippen LogP contribution in [-0.4, -0.2) is 25.1 Å². The molecule has 0 aliphatic carbocycles. The minimum Gasteiger partial charge on any atom is -0.496 e. The topological polar surface area (TPSA) is 50.4 Å². The van der Waals surface area contributed by atoms with Crippen molar-refractivity contribution < 1.29 is 9.53 Å². The second-order valence-corrected chi connectivity index (χ2v) is 5.59. The first-order valence-electron chi connectivity index (χ1n) is 6.92. The van der Waals surface area contributed by atoms with E-state index >= 15 is 0 Å². The van der Waals surface area contributed by atoms with Crippen LogP contribution in [0.15, 0.2) is 22.7 Å². The minimum absolute atomic E-state index is 0.0191. The highest BCUT2D eigenvalue weighted by atomic mass is 79.9. The molecule has 0 bridgehead atoms. The van der Waals surface area contributed by atoms with E-state index in [1.165, 1.54) is 0 Å². The summed E-state index contributed by atoms with van der Waals surface area (Å²) in [4.78, 5) is 12.1. The summed E-state index contributed by atoms with van der Waals surface area (Å²) >= 11 is 3.43. The Balaban J connectivity index is 2.63. The molecule has 5 heteroatoms. The molecule has 0 aliphatic heterocycles. The average molecular weight is 343 g/mol. The standard InChI is InChI=1S/C15H23BrN2O2/c1-5-11(6-2)18-15(19)10(3)17-12-7-8-14(20-4)13(16)9-12/h7-11,17H,5-6H2,1-4H3,(H,18,19). The normalized spacial score (nSPS) is 12.1. The van der Waals surface area contributed by atoms with Crippen molar-refractivity contribution in [3.05, 3.63) is 22.7 Å². The summed E-state index contributed by atoms with van der Waals surface area (Å²) in [5.74, 6) is 0.787. The third-order valence-corrected chi connectivity index (χ3v) is 3.88. The molecule has 0 aliphatic rings. The average Bonchev–Trinajstić information content (AvgIpc) is 2.44. The number of amides is 1. The third kappa shape index (κ3) is 4.71. The molecule has 1 aromatic carbocycles. The fourth-order valence-electron chi connectivity index (χ4n) is 1.89. The Morgan fingerprint density at radius 1 is 1.35 bits per heavy atom. The van der Waals surface area contributed by atoms with Crippen molar-refractivity contribution in [3.8, 4) is 5.75 Å². The van der Waals surface area contributed by atoms with Crippen LogP contribution in [0.3, 0.4) is 0 Å². The molecule has 1 unspecified atom stereocenters. The highest BCUT2D eigenvalue weighted by Gasteiger charge is 2.15. The molecule has 0 fully saturated rings. The fourth-order valence-corrected chi connectivity index (χ4v) is 2.43. The highest BCUT2D eigenvalue weighted by molar-refractivity contribution is 9.10. The van der Waals surface area contributed by atoms with Crippen LogP contribution in [0, 0.1) is 0 Å². The molecule has 0 saturated carbocycles. The van der Waals surface area contributed by atoms with Gasteiger partial charge in [-0.05, 0) is 53.9 Å². The van der Waals surface area contributed by atoms with Gasteiger partial charge >= 0.3 is 0 Å². The lowest BCUT2D eigenvalue weighted by atomic mass is 10.1. The number of nitrogens with one attached hydrogen (secondary N) is 2. The fraction of sp³-hybridized carbons (Fsp3) is 0.533. The van der Waals surface area contributed by atoms with Gasteiger partial charge in [-0.3, -0.25) is 4.79 Å². The zero-order valence-electron chi connectivity index (χ0n) is 12.5. The molecule has 4 nitrogen and oxygen atoms in total. The minimum atomic E-state index is -0.282. The van der Waals surface area contributed by atoms with Gasteiger partial charge in [-0.15, -0.1) is 0 Å². The Morgan fingerprint density at radius 2 is 2.00 bits per heavy atom. The molecular weight excluding hydrogens is 320 g/mol. The number of carbonyl (C=O) groups is 1. The van der Waals surface area contributed by atoms with Crippen molar-refractivity contribution in [2.45, 2.75) is 45.7 Å². The van der Waals surface area contributed by atoms with Crippen LogP contribution in [-0.2, 0) is 4.79 Å². The number of halogens is 1. The van der Waals surface area contributed by atoms with Crippen LogP contribution < -0.4 is 15.4 Å². The smallest absolute Gasteiger partial charge is 0.242 e. The lowest BCUT2D eigenvalue weighted by Crippen LogP contribution is -2.42. The third-order valence-electron chi connectivity index (χ3n) is 3.26. The first kappa shape index (κ1) is 16.8. The number of methoxy groups -OCH3 is 1. The molecule has 20 heavy (non-hydrogen) atoms. The Kier molecular flexibility index (Phi) is 6.85. The lowest BCUT2D eigenvalue weighted by Gasteiger charge is -2.20. The number of anilines is 1. The summed E-state index contributed by atoms with van der Waals surface area (Å²) in [5, 5.41) is 6.23. The second kappa shape index (κ2) is 8.15. The molecule has 2 N–H and O–H groups in total. The number of hydrogen-bond donors (Lipinski definition) is 2. The maximum absolute atomic E-state index is 12.1. The van der Waals surface area contributed by atoms with E-state index in [0.717, 1.165) is 28.8 Å². The maximum Gasteiger partial charge on any atom is 0.242 e. The molecule has 1 rings (SSSR count). The van der Waals surface area contributed by atoms with Crippen molar-refractivity contribution in [1.82, 2.24) is 5.32 Å². The van der Waals surface area contributed by atoms with E-state index in [2.05, 4.69) is 40.4 Å².